The molecule has 3 aromatic rings. The lowest BCUT2D eigenvalue weighted by atomic mass is 9.69. The van der Waals surface area contributed by atoms with Gasteiger partial charge in [0.2, 0.25) is 0 Å². The van der Waals surface area contributed by atoms with Crippen molar-refractivity contribution in [2.24, 2.45) is 0 Å². The van der Waals surface area contributed by atoms with Gasteiger partial charge in [0.1, 0.15) is 0 Å². The van der Waals surface area contributed by atoms with Crippen molar-refractivity contribution in [3.05, 3.63) is 114 Å². The quantitative estimate of drug-likeness (QED) is 0.694. The van der Waals surface area contributed by atoms with Crippen molar-refractivity contribution in [1.82, 2.24) is 9.97 Å². The molecule has 2 nitrogen and oxygen atoms in total. The Hall–Kier alpha value is -3.00. The molecule has 24 heavy (non-hydrogen) atoms. The van der Waals surface area contributed by atoms with E-state index in [0.717, 1.165) is 6.42 Å². The highest BCUT2D eigenvalue weighted by molar-refractivity contribution is 5.76. The summed E-state index contributed by atoms with van der Waals surface area (Å²) in [4.78, 5) is 8.35. The van der Waals surface area contributed by atoms with Crippen LogP contribution in [0.3, 0.4) is 0 Å². The monoisotopic (exact) mass is 310 g/mol. The van der Waals surface area contributed by atoms with Gasteiger partial charge >= 0.3 is 0 Å². The van der Waals surface area contributed by atoms with Crippen molar-refractivity contribution in [3.8, 4) is 0 Å². The molecular weight excluding hydrogens is 292 g/mol. The van der Waals surface area contributed by atoms with E-state index in [9.17, 15) is 0 Å². The van der Waals surface area contributed by atoms with Crippen LogP contribution in [0.1, 0.15) is 23.1 Å². The van der Waals surface area contributed by atoms with Crippen LogP contribution in [0.4, 0.5) is 0 Å². The van der Waals surface area contributed by atoms with Gasteiger partial charge < -0.3 is 0 Å². The van der Waals surface area contributed by atoms with Gasteiger partial charge in [-0.05, 0) is 52.9 Å². The van der Waals surface area contributed by atoms with Gasteiger partial charge in [-0.2, -0.15) is 0 Å². The third-order valence-corrected chi connectivity index (χ3v) is 4.69. The molecule has 0 bridgehead atoms. The standard InChI is InChI=1S/C22H18N2/c1-2-4-18(5-3-1)19-6-12-22(13-7-19,20-8-14-23-15-9-20)21-10-16-24-17-11-21/h1-12,14-17H,13H2. The van der Waals surface area contributed by atoms with Crippen LogP contribution in [-0.2, 0) is 5.41 Å². The summed E-state index contributed by atoms with van der Waals surface area (Å²) in [5, 5.41) is 0. The Bertz CT molecular complexity index is 826. The Balaban J connectivity index is 1.78. The first kappa shape index (κ1) is 14.6. The summed E-state index contributed by atoms with van der Waals surface area (Å²) in [6.07, 6.45) is 15.3. The number of nitrogens with zero attached hydrogens (tertiary/aromatic N) is 2. The number of benzene rings is 1. The molecule has 0 aliphatic heterocycles. The molecule has 0 amide bonds. The molecule has 116 valence electrons. The maximum absolute atomic E-state index is 4.18. The lowest BCUT2D eigenvalue weighted by molar-refractivity contribution is 0.647. The molecule has 2 heterocycles. The zero-order valence-corrected chi connectivity index (χ0v) is 13.3. The van der Waals surface area contributed by atoms with Gasteiger partial charge in [0, 0.05) is 30.2 Å². The van der Waals surface area contributed by atoms with E-state index in [2.05, 4.69) is 82.8 Å². The van der Waals surface area contributed by atoms with Crippen LogP contribution in [0.25, 0.3) is 5.57 Å². The predicted octanol–water partition coefficient (Wildman–Crippen LogP) is 4.81. The van der Waals surface area contributed by atoms with Crippen LogP contribution >= 0.6 is 0 Å². The summed E-state index contributed by atoms with van der Waals surface area (Å²) in [6, 6.07) is 18.9. The number of aromatic nitrogens is 2. The van der Waals surface area contributed by atoms with E-state index in [4.69, 9.17) is 0 Å². The number of pyridine rings is 2. The van der Waals surface area contributed by atoms with E-state index in [0.29, 0.717) is 0 Å². The van der Waals surface area contributed by atoms with Crippen LogP contribution in [-0.4, -0.2) is 9.97 Å². The minimum absolute atomic E-state index is 0.163. The maximum Gasteiger partial charge on any atom is 0.0422 e. The molecule has 0 spiro atoms. The van der Waals surface area contributed by atoms with E-state index >= 15 is 0 Å². The first-order chi connectivity index (χ1) is 11.9. The van der Waals surface area contributed by atoms with E-state index in [1.165, 1.54) is 22.3 Å². The molecule has 4 rings (SSSR count). The molecule has 0 saturated carbocycles. The van der Waals surface area contributed by atoms with Crippen LogP contribution < -0.4 is 0 Å². The van der Waals surface area contributed by atoms with E-state index in [1.807, 2.05) is 24.8 Å². The summed E-state index contributed by atoms with van der Waals surface area (Å²) in [5.41, 5.74) is 4.87. The highest BCUT2D eigenvalue weighted by atomic mass is 14.6. The van der Waals surface area contributed by atoms with Crippen molar-refractivity contribution < 1.29 is 0 Å². The number of allylic oxidation sites excluding steroid dienone is 4. The average molecular weight is 310 g/mol. The van der Waals surface area contributed by atoms with Crippen LogP contribution in [0.2, 0.25) is 0 Å². The number of hydrogen-bond acceptors (Lipinski definition) is 2. The molecular formula is C22H18N2. The van der Waals surface area contributed by atoms with Gasteiger partial charge in [-0.15, -0.1) is 0 Å². The Morgan fingerprint density at radius 1 is 0.708 bits per heavy atom. The minimum atomic E-state index is -0.163. The number of hydrogen-bond donors (Lipinski definition) is 0. The average Bonchev–Trinajstić information content (AvgIpc) is 2.70. The third kappa shape index (κ3) is 2.56. The highest BCUT2D eigenvalue weighted by Crippen LogP contribution is 2.41. The summed E-state index contributed by atoms with van der Waals surface area (Å²) in [7, 11) is 0. The SMILES string of the molecule is C1=CC(c2ccncc2)(c2ccncc2)CC=C1c1ccccc1. The van der Waals surface area contributed by atoms with Gasteiger partial charge in [-0.1, -0.05) is 48.6 Å². The molecule has 0 radical (unpaired) electrons. The molecule has 1 aliphatic carbocycles. The topological polar surface area (TPSA) is 25.8 Å². The lowest BCUT2D eigenvalue weighted by Gasteiger charge is -2.33. The van der Waals surface area contributed by atoms with Crippen molar-refractivity contribution in [2.45, 2.75) is 11.8 Å². The minimum Gasteiger partial charge on any atom is -0.265 e. The largest absolute Gasteiger partial charge is 0.265 e. The molecule has 0 unspecified atom stereocenters. The van der Waals surface area contributed by atoms with Gasteiger partial charge in [-0.25, -0.2) is 0 Å². The molecule has 0 N–H and O–H groups in total. The highest BCUT2D eigenvalue weighted by Gasteiger charge is 2.32. The Morgan fingerprint density at radius 2 is 1.29 bits per heavy atom. The zero-order chi connectivity index (χ0) is 16.2. The third-order valence-electron chi connectivity index (χ3n) is 4.69. The van der Waals surface area contributed by atoms with Crippen LogP contribution in [0, 0.1) is 0 Å². The molecule has 2 heteroatoms. The molecule has 2 aromatic heterocycles. The normalized spacial score (nSPS) is 15.8. The molecule has 1 aromatic carbocycles. The van der Waals surface area contributed by atoms with E-state index in [1.54, 1.807) is 0 Å². The summed E-state index contributed by atoms with van der Waals surface area (Å²) >= 11 is 0. The Kier molecular flexibility index (Phi) is 3.80. The second-order valence-electron chi connectivity index (χ2n) is 6.01. The predicted molar refractivity (Wildman–Crippen MR) is 97.4 cm³/mol. The van der Waals surface area contributed by atoms with E-state index < -0.39 is 0 Å². The van der Waals surface area contributed by atoms with Crippen molar-refractivity contribution >= 4 is 5.57 Å². The summed E-state index contributed by atoms with van der Waals surface area (Å²) < 4.78 is 0. The molecule has 1 aliphatic rings. The molecule has 0 fully saturated rings. The summed E-state index contributed by atoms with van der Waals surface area (Å²) in [6.45, 7) is 0. The zero-order valence-electron chi connectivity index (χ0n) is 13.3. The maximum atomic E-state index is 4.18. The van der Waals surface area contributed by atoms with Gasteiger partial charge in [0.05, 0.1) is 0 Å². The fourth-order valence-corrected chi connectivity index (χ4v) is 3.38. The lowest BCUT2D eigenvalue weighted by Crippen LogP contribution is -2.26. The van der Waals surface area contributed by atoms with Gasteiger partial charge in [0.25, 0.3) is 0 Å². The first-order valence-corrected chi connectivity index (χ1v) is 8.14. The van der Waals surface area contributed by atoms with E-state index in [-0.39, 0.29) is 5.41 Å². The second kappa shape index (κ2) is 6.25. The first-order valence-electron chi connectivity index (χ1n) is 8.14. The number of rotatable bonds is 3. The fraction of sp³-hybridized carbons (Fsp3) is 0.0909. The summed E-state index contributed by atoms with van der Waals surface area (Å²) in [5.74, 6) is 0. The smallest absolute Gasteiger partial charge is 0.0422 e. The molecule has 0 atom stereocenters. The van der Waals surface area contributed by atoms with Gasteiger partial charge in [0.15, 0.2) is 0 Å². The van der Waals surface area contributed by atoms with Crippen LogP contribution in [0.5, 0.6) is 0 Å². The second-order valence-corrected chi connectivity index (χ2v) is 6.01. The van der Waals surface area contributed by atoms with Crippen molar-refractivity contribution in [3.63, 3.8) is 0 Å². The molecule has 0 saturated heterocycles. The van der Waals surface area contributed by atoms with Crippen molar-refractivity contribution in [2.75, 3.05) is 0 Å². The van der Waals surface area contributed by atoms with Gasteiger partial charge in [-0.3, -0.25) is 9.97 Å². The van der Waals surface area contributed by atoms with Crippen LogP contribution in [0.15, 0.2) is 97.6 Å². The fourth-order valence-electron chi connectivity index (χ4n) is 3.38. The Labute approximate surface area is 142 Å². The Morgan fingerprint density at radius 3 is 1.79 bits per heavy atom. The van der Waals surface area contributed by atoms with Crippen molar-refractivity contribution in [1.29, 1.82) is 0 Å².